The molecule has 2 amide bonds. The number of carbonyl (C=O) groups is 1. The number of para-hydroxylation sites is 1. The fraction of sp³-hybridized carbons (Fsp3) is 0.158. The molecule has 0 fully saturated rings. The number of nitrogens with zero attached hydrogens (tertiary/aromatic N) is 1. The number of hydrogen-bond acceptors (Lipinski definition) is 3. The molecule has 1 heterocycles. The quantitative estimate of drug-likeness (QED) is 0.644. The van der Waals surface area contributed by atoms with Crippen molar-refractivity contribution >= 4 is 11.7 Å². The number of ether oxygens (including phenoxy) is 1. The smallest absolute Gasteiger partial charge is 0.319 e. The Labute approximate surface area is 146 Å². The average Bonchev–Trinajstić information content (AvgIpc) is 3.12. The Morgan fingerprint density at radius 1 is 1.12 bits per heavy atom. The third-order valence-corrected chi connectivity index (χ3v) is 3.70. The average molecular weight is 336 g/mol. The maximum atomic E-state index is 12.1. The van der Waals surface area contributed by atoms with Gasteiger partial charge in [-0.3, -0.25) is 0 Å². The number of nitrogens with one attached hydrogen (secondary N) is 3. The highest BCUT2D eigenvalue weighted by Crippen LogP contribution is 2.17. The van der Waals surface area contributed by atoms with Gasteiger partial charge in [0, 0.05) is 18.4 Å². The molecule has 3 N–H and O–H groups in total. The molecule has 0 aliphatic heterocycles. The first-order chi connectivity index (χ1) is 12.3. The summed E-state index contributed by atoms with van der Waals surface area (Å²) >= 11 is 0. The van der Waals surface area contributed by atoms with Gasteiger partial charge in [0.2, 0.25) is 0 Å². The zero-order valence-electron chi connectivity index (χ0n) is 14.0. The Morgan fingerprint density at radius 2 is 1.88 bits per heavy atom. The summed E-state index contributed by atoms with van der Waals surface area (Å²) in [5.74, 6) is 0.694. The molecule has 128 valence electrons. The molecule has 0 unspecified atom stereocenters. The molecular weight excluding hydrogens is 316 g/mol. The van der Waals surface area contributed by atoms with Crippen LogP contribution in [0.15, 0.2) is 60.8 Å². The third kappa shape index (κ3) is 4.45. The number of imidazole rings is 1. The van der Waals surface area contributed by atoms with Crippen LogP contribution < -0.4 is 10.6 Å². The van der Waals surface area contributed by atoms with Gasteiger partial charge < -0.3 is 20.4 Å². The number of urea groups is 1. The normalized spacial score (nSPS) is 10.4. The number of H-pyrrole nitrogens is 1. The van der Waals surface area contributed by atoms with E-state index >= 15 is 0 Å². The maximum Gasteiger partial charge on any atom is 0.319 e. The van der Waals surface area contributed by atoms with Crippen LogP contribution in [0, 0.1) is 0 Å². The Morgan fingerprint density at radius 3 is 2.68 bits per heavy atom. The van der Waals surface area contributed by atoms with Crippen molar-refractivity contribution in [1.82, 2.24) is 15.3 Å². The molecule has 2 aromatic carbocycles. The van der Waals surface area contributed by atoms with Crippen LogP contribution in [0.2, 0.25) is 0 Å². The van der Waals surface area contributed by atoms with Crippen LogP contribution in [0.3, 0.4) is 0 Å². The summed E-state index contributed by atoms with van der Waals surface area (Å²) < 4.78 is 5.14. The van der Waals surface area contributed by atoms with Crippen LogP contribution >= 0.6 is 0 Å². The van der Waals surface area contributed by atoms with Crippen LogP contribution in [0.5, 0.6) is 0 Å². The lowest BCUT2D eigenvalue weighted by Gasteiger charge is -2.11. The van der Waals surface area contributed by atoms with Gasteiger partial charge in [-0.25, -0.2) is 9.78 Å². The molecule has 0 saturated carbocycles. The first-order valence-electron chi connectivity index (χ1n) is 7.97. The topological polar surface area (TPSA) is 79.0 Å². The van der Waals surface area contributed by atoms with E-state index in [-0.39, 0.29) is 6.03 Å². The van der Waals surface area contributed by atoms with Crippen molar-refractivity contribution in [3.05, 3.63) is 72.2 Å². The number of anilines is 1. The van der Waals surface area contributed by atoms with Gasteiger partial charge in [0.1, 0.15) is 5.82 Å². The van der Waals surface area contributed by atoms with Crippen LogP contribution in [0.1, 0.15) is 11.4 Å². The summed E-state index contributed by atoms with van der Waals surface area (Å²) in [7, 11) is 1.62. The molecule has 6 heteroatoms. The van der Waals surface area contributed by atoms with Gasteiger partial charge in [-0.1, -0.05) is 48.5 Å². The summed E-state index contributed by atoms with van der Waals surface area (Å²) in [5.41, 5.74) is 3.62. The Kier molecular flexibility index (Phi) is 5.43. The number of benzene rings is 2. The summed E-state index contributed by atoms with van der Waals surface area (Å²) in [6, 6.07) is 17.2. The second-order valence-electron chi connectivity index (χ2n) is 5.51. The monoisotopic (exact) mass is 336 g/mol. The summed E-state index contributed by atoms with van der Waals surface area (Å²) in [5, 5.41) is 5.63. The summed E-state index contributed by atoms with van der Waals surface area (Å²) in [6.07, 6.45) is 1.76. The lowest BCUT2D eigenvalue weighted by atomic mass is 10.2. The molecule has 0 atom stereocenters. The highest BCUT2D eigenvalue weighted by atomic mass is 16.5. The van der Waals surface area contributed by atoms with Crippen molar-refractivity contribution in [3.63, 3.8) is 0 Å². The Bertz CT molecular complexity index is 830. The number of hydrogen-bond donors (Lipinski definition) is 3. The Balaban J connectivity index is 1.57. The van der Waals surface area contributed by atoms with Gasteiger partial charge in [0.05, 0.1) is 25.0 Å². The minimum atomic E-state index is -0.291. The second kappa shape index (κ2) is 8.12. The predicted molar refractivity (Wildman–Crippen MR) is 97.0 cm³/mol. The number of amides is 2. The molecule has 6 nitrogen and oxygen atoms in total. The van der Waals surface area contributed by atoms with E-state index < -0.39 is 0 Å². The molecule has 25 heavy (non-hydrogen) atoms. The van der Waals surface area contributed by atoms with Crippen molar-refractivity contribution in [1.29, 1.82) is 0 Å². The SMILES string of the molecule is COCc1ccccc1NC(=O)NCc1ncc(-c2ccccc2)[nH]1. The second-order valence-corrected chi connectivity index (χ2v) is 5.51. The summed E-state index contributed by atoms with van der Waals surface area (Å²) in [4.78, 5) is 19.6. The van der Waals surface area contributed by atoms with Gasteiger partial charge >= 0.3 is 6.03 Å². The minimum Gasteiger partial charge on any atom is -0.380 e. The fourth-order valence-electron chi connectivity index (χ4n) is 2.47. The number of aromatic nitrogens is 2. The zero-order valence-corrected chi connectivity index (χ0v) is 14.0. The van der Waals surface area contributed by atoms with Crippen molar-refractivity contribution in [2.45, 2.75) is 13.2 Å². The minimum absolute atomic E-state index is 0.291. The number of rotatable bonds is 6. The number of aromatic amines is 1. The van der Waals surface area contributed by atoms with Crippen molar-refractivity contribution < 1.29 is 9.53 Å². The van der Waals surface area contributed by atoms with Crippen LogP contribution in [0.4, 0.5) is 10.5 Å². The van der Waals surface area contributed by atoms with Gasteiger partial charge in [0.25, 0.3) is 0 Å². The molecule has 0 aliphatic carbocycles. The molecule has 0 spiro atoms. The number of methoxy groups -OCH3 is 1. The molecule has 3 aromatic rings. The van der Waals surface area contributed by atoms with E-state index in [0.29, 0.717) is 19.0 Å². The van der Waals surface area contributed by atoms with E-state index in [9.17, 15) is 4.79 Å². The molecule has 3 rings (SSSR count). The van der Waals surface area contributed by atoms with Crippen molar-refractivity contribution in [2.75, 3.05) is 12.4 Å². The highest BCUT2D eigenvalue weighted by Gasteiger charge is 2.08. The molecule has 0 radical (unpaired) electrons. The summed E-state index contributed by atoms with van der Waals surface area (Å²) in [6.45, 7) is 0.750. The fourth-order valence-corrected chi connectivity index (χ4v) is 2.47. The zero-order chi connectivity index (χ0) is 17.5. The van der Waals surface area contributed by atoms with E-state index in [1.54, 1.807) is 13.3 Å². The van der Waals surface area contributed by atoms with E-state index in [4.69, 9.17) is 4.74 Å². The predicted octanol–water partition coefficient (Wildman–Crippen LogP) is 3.54. The van der Waals surface area contributed by atoms with E-state index in [1.165, 1.54) is 0 Å². The molecule has 0 aliphatic rings. The van der Waals surface area contributed by atoms with Gasteiger partial charge in [-0.2, -0.15) is 0 Å². The van der Waals surface area contributed by atoms with Crippen LogP contribution in [-0.2, 0) is 17.9 Å². The van der Waals surface area contributed by atoms with Crippen LogP contribution in [0.25, 0.3) is 11.3 Å². The lowest BCUT2D eigenvalue weighted by Crippen LogP contribution is -2.29. The highest BCUT2D eigenvalue weighted by molar-refractivity contribution is 5.90. The standard InChI is InChI=1S/C19H20N4O2/c1-25-13-15-9-5-6-10-16(15)23-19(24)21-12-18-20-11-17(22-18)14-7-3-2-4-8-14/h2-11H,12-13H2,1H3,(H,20,22)(H2,21,23,24). The van der Waals surface area contributed by atoms with E-state index in [0.717, 1.165) is 22.5 Å². The van der Waals surface area contributed by atoms with Crippen LogP contribution in [-0.4, -0.2) is 23.1 Å². The van der Waals surface area contributed by atoms with Crippen molar-refractivity contribution in [3.8, 4) is 11.3 Å². The first-order valence-corrected chi connectivity index (χ1v) is 7.97. The lowest BCUT2D eigenvalue weighted by molar-refractivity contribution is 0.185. The number of carbonyl (C=O) groups excluding carboxylic acids is 1. The third-order valence-electron chi connectivity index (χ3n) is 3.70. The van der Waals surface area contributed by atoms with E-state index in [1.807, 2.05) is 54.6 Å². The maximum absolute atomic E-state index is 12.1. The molecule has 0 saturated heterocycles. The Hall–Kier alpha value is -3.12. The first kappa shape index (κ1) is 16.7. The van der Waals surface area contributed by atoms with Gasteiger partial charge in [-0.05, 0) is 11.6 Å². The van der Waals surface area contributed by atoms with E-state index in [2.05, 4.69) is 20.6 Å². The van der Waals surface area contributed by atoms with Crippen molar-refractivity contribution in [2.24, 2.45) is 0 Å². The molecule has 0 bridgehead atoms. The molecular formula is C19H20N4O2. The molecule has 1 aromatic heterocycles. The van der Waals surface area contributed by atoms with Gasteiger partial charge in [0.15, 0.2) is 0 Å². The largest absolute Gasteiger partial charge is 0.380 e. The van der Waals surface area contributed by atoms with Gasteiger partial charge in [-0.15, -0.1) is 0 Å².